The lowest BCUT2D eigenvalue weighted by Crippen LogP contribution is -2.42. The Morgan fingerprint density at radius 1 is 0.633 bits per heavy atom. The minimum atomic E-state index is -1.09. The zero-order valence-corrected chi connectivity index (χ0v) is 32.2. The van der Waals surface area contributed by atoms with Crippen molar-refractivity contribution in [1.82, 2.24) is 10.6 Å². The van der Waals surface area contributed by atoms with Crippen molar-refractivity contribution in [3.8, 4) is 0 Å². The molecular weight excluding hydrogens is 750 g/mol. The number of carbonyl (C=O) groups excluding carboxylic acids is 7. The monoisotopic (exact) mass is 799 g/mol. The summed E-state index contributed by atoms with van der Waals surface area (Å²) in [6.45, 7) is 17.4. The van der Waals surface area contributed by atoms with Crippen LogP contribution < -0.4 is 16.4 Å². The Balaban J connectivity index is -0.000000185. The number of carbonyl (C=O) groups is 8. The van der Waals surface area contributed by atoms with Gasteiger partial charge in [-0.1, -0.05) is 0 Å². The van der Waals surface area contributed by atoms with E-state index in [1.807, 2.05) is 0 Å². The van der Waals surface area contributed by atoms with E-state index >= 15 is 0 Å². The molecule has 0 aromatic heterocycles. The van der Waals surface area contributed by atoms with Gasteiger partial charge in [-0.3, -0.25) is 24.0 Å². The maximum Gasteiger partial charge on any atom is 0.408 e. The average molecular weight is 801 g/mol. The largest absolute Gasteiger partial charge is 0.480 e. The number of carboxylic acids is 1. The molecule has 5 N–H and O–H groups in total. The molecule has 0 radical (unpaired) electrons. The highest BCUT2D eigenvalue weighted by molar-refractivity contribution is 9.09. The number of carboxylic acid groups (broad SMARTS) is 1. The Hall–Kier alpha value is -3.91. The van der Waals surface area contributed by atoms with E-state index in [9.17, 15) is 38.4 Å². The molecule has 0 saturated heterocycles. The number of halogens is 2. The van der Waals surface area contributed by atoms with Crippen LogP contribution in [0.5, 0.6) is 0 Å². The van der Waals surface area contributed by atoms with Crippen LogP contribution in [-0.4, -0.2) is 102 Å². The average Bonchev–Trinajstić information content (AvgIpc) is 2.86. The second-order valence-electron chi connectivity index (χ2n) is 11.0. The molecule has 0 heterocycles. The fourth-order valence-corrected chi connectivity index (χ4v) is 2.09. The summed E-state index contributed by atoms with van der Waals surface area (Å²) in [5.74, 6) is -3.72. The number of alkyl carbamates (subject to hydrolysis) is 2. The number of hydrogen-bond acceptors (Lipinski definition) is 16. The predicted octanol–water partition coefficient (Wildman–Crippen LogP) is 2.67. The molecule has 0 bridgehead atoms. The van der Waals surface area contributed by atoms with Crippen molar-refractivity contribution >= 4 is 76.3 Å². The number of nitrogens with one attached hydrogen (secondary N) is 2. The van der Waals surface area contributed by atoms with Crippen LogP contribution in [0.3, 0.4) is 0 Å². The molecule has 3 atom stereocenters. The van der Waals surface area contributed by atoms with Crippen LogP contribution in [0.2, 0.25) is 0 Å². The Bertz CT molecular complexity index is 1050. The molecule has 21 heteroatoms. The smallest absolute Gasteiger partial charge is 0.408 e. The standard InChI is InChI=1S/C11H19NO6.C8H15NO4.C6H11NO4.C3H5BrO2.ClH/c1-7(9(14)17-6-16-8(2)13)12-10(15)18-11(3,4)5;1-5(6(10)11)9-7(12)13-8(2,3)4;1-4(7)6(9)11-3-10-5(2)8;1-3(5)6-2-4;/h7H,6H2,1-5H3,(H,12,15);5H,1-4H3,(H,9,12)(H,10,11);4H,3,7H2,1-2H3;2H2,1H3;1H/t7-;5-;4-;;/m000../s1. The molecule has 0 saturated carbocycles. The normalized spacial score (nSPS) is 11.6. The second-order valence-corrected chi connectivity index (χ2v) is 11.5. The molecule has 0 rings (SSSR count). The summed E-state index contributed by atoms with van der Waals surface area (Å²) in [5.41, 5.74) is 4.18. The number of amides is 2. The third-order valence-electron chi connectivity index (χ3n) is 3.75. The van der Waals surface area contributed by atoms with Gasteiger partial charge in [0.15, 0.2) is 0 Å². The zero-order valence-electron chi connectivity index (χ0n) is 29.8. The van der Waals surface area contributed by atoms with Crippen molar-refractivity contribution in [2.45, 2.75) is 112 Å². The summed E-state index contributed by atoms with van der Waals surface area (Å²) in [6.07, 6.45) is -1.44. The lowest BCUT2D eigenvalue weighted by atomic mass is 10.2. The van der Waals surface area contributed by atoms with Crippen molar-refractivity contribution in [2.75, 3.05) is 19.1 Å². The quantitative estimate of drug-likeness (QED) is 0.107. The van der Waals surface area contributed by atoms with Crippen molar-refractivity contribution in [3.63, 3.8) is 0 Å². The number of nitrogens with two attached hydrogens (primary N) is 1. The zero-order chi connectivity index (χ0) is 38.8. The second kappa shape index (κ2) is 29.0. The molecule has 0 spiro atoms. The van der Waals surface area contributed by atoms with Gasteiger partial charge in [0.05, 0.1) is 0 Å². The number of aliphatic carboxylic acids is 1. The lowest BCUT2D eigenvalue weighted by molar-refractivity contribution is -0.168. The third kappa shape index (κ3) is 46.3. The van der Waals surface area contributed by atoms with Gasteiger partial charge in [0.2, 0.25) is 13.6 Å². The molecular formula is C28H51BrClN3O16. The highest BCUT2D eigenvalue weighted by Gasteiger charge is 2.22. The van der Waals surface area contributed by atoms with Crippen LogP contribution >= 0.6 is 28.3 Å². The minimum Gasteiger partial charge on any atom is -0.480 e. The molecule has 0 fully saturated rings. The SMILES string of the molecule is CC(=O)OCBr.CC(=O)OCOC(=O)[C@H](C)N.CC(=O)OCOC(=O)[C@H](C)NC(=O)OC(C)(C)C.C[C@H](NC(=O)OC(C)(C)C)C(=O)O.Cl. The molecule has 288 valence electrons. The summed E-state index contributed by atoms with van der Waals surface area (Å²) in [7, 11) is 0. The Morgan fingerprint density at radius 2 is 0.959 bits per heavy atom. The maximum absolute atomic E-state index is 11.3. The highest BCUT2D eigenvalue weighted by Crippen LogP contribution is 2.07. The molecule has 19 nitrogen and oxygen atoms in total. The van der Waals surface area contributed by atoms with Gasteiger partial charge >= 0.3 is 48.0 Å². The molecule has 0 unspecified atom stereocenters. The number of alkyl halides is 1. The first-order valence-electron chi connectivity index (χ1n) is 13.9. The summed E-state index contributed by atoms with van der Waals surface area (Å²) in [4.78, 5) is 84.9. The molecule has 0 aliphatic heterocycles. The van der Waals surface area contributed by atoms with E-state index in [-0.39, 0.29) is 25.2 Å². The van der Waals surface area contributed by atoms with Gasteiger partial charge < -0.3 is 54.6 Å². The molecule has 49 heavy (non-hydrogen) atoms. The molecule has 0 aliphatic carbocycles. The third-order valence-corrected chi connectivity index (χ3v) is 3.98. The Morgan fingerprint density at radius 3 is 1.20 bits per heavy atom. The van der Waals surface area contributed by atoms with E-state index in [0.29, 0.717) is 5.52 Å². The number of ether oxygens (including phenoxy) is 7. The minimum absolute atomic E-state index is 0. The van der Waals surface area contributed by atoms with Gasteiger partial charge in [-0.15, -0.1) is 12.4 Å². The summed E-state index contributed by atoms with van der Waals surface area (Å²) < 4.78 is 31.9. The van der Waals surface area contributed by atoms with Crippen LogP contribution in [0.15, 0.2) is 0 Å². The fourth-order valence-electron chi connectivity index (χ4n) is 1.76. The van der Waals surface area contributed by atoms with Gasteiger partial charge in [-0.25, -0.2) is 14.4 Å². The number of esters is 5. The Kier molecular flexibility index (Phi) is 32.3. The van der Waals surface area contributed by atoms with E-state index in [0.717, 1.165) is 0 Å². The first-order chi connectivity index (χ1) is 21.6. The lowest BCUT2D eigenvalue weighted by Gasteiger charge is -2.21. The van der Waals surface area contributed by atoms with Gasteiger partial charge in [0.1, 0.15) is 34.8 Å². The van der Waals surface area contributed by atoms with Crippen LogP contribution in [-0.2, 0) is 61.9 Å². The van der Waals surface area contributed by atoms with E-state index in [1.54, 1.807) is 41.5 Å². The van der Waals surface area contributed by atoms with Crippen molar-refractivity contribution < 1.29 is 76.6 Å². The van der Waals surface area contributed by atoms with E-state index < -0.39 is 78.2 Å². The Labute approximate surface area is 300 Å². The first-order valence-corrected chi connectivity index (χ1v) is 15.0. The van der Waals surface area contributed by atoms with Crippen LogP contribution in [0.25, 0.3) is 0 Å². The van der Waals surface area contributed by atoms with E-state index in [1.165, 1.54) is 41.5 Å². The van der Waals surface area contributed by atoms with Crippen LogP contribution in [0.4, 0.5) is 9.59 Å². The maximum atomic E-state index is 11.3. The predicted molar refractivity (Wildman–Crippen MR) is 177 cm³/mol. The van der Waals surface area contributed by atoms with E-state index in [4.69, 9.17) is 20.3 Å². The fraction of sp³-hybridized carbons (Fsp3) is 0.714. The van der Waals surface area contributed by atoms with Gasteiger partial charge in [-0.05, 0) is 78.2 Å². The topological polar surface area (TPSA) is 271 Å². The van der Waals surface area contributed by atoms with Crippen LogP contribution in [0, 0.1) is 0 Å². The van der Waals surface area contributed by atoms with Crippen molar-refractivity contribution in [1.29, 1.82) is 0 Å². The first kappa shape index (κ1) is 54.5. The van der Waals surface area contributed by atoms with Gasteiger partial charge in [0, 0.05) is 20.8 Å². The summed E-state index contributed by atoms with van der Waals surface area (Å²) in [6, 6.07) is -2.52. The molecule has 0 aromatic rings. The van der Waals surface area contributed by atoms with Crippen molar-refractivity contribution in [3.05, 3.63) is 0 Å². The van der Waals surface area contributed by atoms with Crippen LogP contribution in [0.1, 0.15) is 83.1 Å². The number of rotatable bonds is 10. The van der Waals surface area contributed by atoms with Gasteiger partial charge in [-0.2, -0.15) is 0 Å². The number of hydrogen-bond donors (Lipinski definition) is 4. The molecule has 2 amide bonds. The summed E-state index contributed by atoms with van der Waals surface area (Å²) in [5, 5.41) is 12.9. The van der Waals surface area contributed by atoms with Crippen molar-refractivity contribution in [2.24, 2.45) is 5.73 Å². The highest BCUT2D eigenvalue weighted by atomic mass is 79.9. The summed E-state index contributed by atoms with van der Waals surface area (Å²) >= 11 is 2.91. The molecule has 0 aliphatic rings. The molecule has 0 aromatic carbocycles. The van der Waals surface area contributed by atoms with Gasteiger partial charge in [0.25, 0.3) is 0 Å². The van der Waals surface area contributed by atoms with E-state index in [2.05, 4.69) is 50.2 Å².